The highest BCUT2D eigenvalue weighted by molar-refractivity contribution is 6.04. The maximum Gasteiger partial charge on any atom is 0.255 e. The van der Waals surface area contributed by atoms with Gasteiger partial charge in [-0.1, -0.05) is 60.7 Å². The van der Waals surface area contributed by atoms with Crippen LogP contribution in [0.3, 0.4) is 0 Å². The molecule has 4 rings (SSSR count). The number of methoxy groups -OCH3 is 1. The lowest BCUT2D eigenvalue weighted by Crippen LogP contribution is -2.39. The summed E-state index contributed by atoms with van der Waals surface area (Å²) in [7, 11) is 1.62. The van der Waals surface area contributed by atoms with Gasteiger partial charge in [0.2, 0.25) is 5.91 Å². The zero-order chi connectivity index (χ0) is 20.9. The molecular weight excluding hydrogens is 376 g/mol. The fourth-order valence-corrected chi connectivity index (χ4v) is 3.81. The van der Waals surface area contributed by atoms with Gasteiger partial charge in [0.1, 0.15) is 11.8 Å². The molecule has 3 aromatic rings. The van der Waals surface area contributed by atoms with Crippen LogP contribution in [0.5, 0.6) is 5.75 Å². The fourth-order valence-electron chi connectivity index (χ4n) is 3.81. The molecule has 1 atom stereocenters. The lowest BCUT2D eigenvalue weighted by molar-refractivity contribution is -0.125. The van der Waals surface area contributed by atoms with Crippen molar-refractivity contribution in [2.24, 2.45) is 0 Å². The molecule has 0 aromatic heterocycles. The van der Waals surface area contributed by atoms with Crippen molar-refractivity contribution in [3.05, 3.63) is 101 Å². The van der Waals surface area contributed by atoms with Crippen LogP contribution < -0.4 is 10.1 Å². The zero-order valence-electron chi connectivity index (χ0n) is 16.9. The van der Waals surface area contributed by atoms with E-state index in [2.05, 4.69) is 5.32 Å². The number of hydrogen-bond acceptors (Lipinski definition) is 3. The summed E-state index contributed by atoms with van der Waals surface area (Å²) in [4.78, 5) is 27.8. The lowest BCUT2D eigenvalue weighted by atomic mass is 10.0. The van der Waals surface area contributed by atoms with Crippen molar-refractivity contribution < 1.29 is 14.3 Å². The topological polar surface area (TPSA) is 58.6 Å². The molecule has 152 valence electrons. The van der Waals surface area contributed by atoms with Gasteiger partial charge >= 0.3 is 0 Å². The third kappa shape index (κ3) is 4.06. The number of carbonyl (C=O) groups excluding carboxylic acids is 2. The minimum atomic E-state index is -0.633. The highest BCUT2D eigenvalue weighted by atomic mass is 16.5. The summed E-state index contributed by atoms with van der Waals surface area (Å²) in [6.45, 7) is 0.875. The largest absolute Gasteiger partial charge is 0.497 e. The molecule has 0 bridgehead atoms. The van der Waals surface area contributed by atoms with Gasteiger partial charge in [0.05, 0.1) is 7.11 Å². The molecule has 30 heavy (non-hydrogen) atoms. The predicted molar refractivity (Wildman–Crippen MR) is 115 cm³/mol. The van der Waals surface area contributed by atoms with Gasteiger partial charge in [-0.05, 0) is 41.3 Å². The summed E-state index contributed by atoms with van der Waals surface area (Å²) in [5, 5.41) is 3.02. The van der Waals surface area contributed by atoms with Crippen molar-refractivity contribution >= 4 is 11.8 Å². The molecule has 0 radical (unpaired) electrons. The summed E-state index contributed by atoms with van der Waals surface area (Å²) in [6.07, 6.45) is 0.743. The second-order valence-corrected chi connectivity index (χ2v) is 7.30. The molecule has 2 amide bonds. The molecule has 5 nitrogen and oxygen atoms in total. The van der Waals surface area contributed by atoms with Crippen molar-refractivity contribution in [1.82, 2.24) is 10.2 Å². The SMILES string of the molecule is COc1ccc(CN2C(=O)c3ccccc3[C@@H]2C(=O)NCCc2ccccc2)cc1. The summed E-state index contributed by atoms with van der Waals surface area (Å²) in [5.41, 5.74) is 3.46. The standard InChI is InChI=1S/C25H24N2O3/c1-30-20-13-11-19(12-14-20)17-27-23(21-9-5-6-10-22(21)25(27)29)24(28)26-16-15-18-7-3-2-4-8-18/h2-14,23H,15-17H2,1H3,(H,26,28)/t23-/m1/s1. The molecular formula is C25H24N2O3. The smallest absolute Gasteiger partial charge is 0.255 e. The van der Waals surface area contributed by atoms with E-state index in [0.717, 1.165) is 28.9 Å². The number of nitrogens with one attached hydrogen (secondary N) is 1. The van der Waals surface area contributed by atoms with Crippen molar-refractivity contribution in [3.63, 3.8) is 0 Å². The predicted octanol–water partition coefficient (Wildman–Crippen LogP) is 3.75. The molecule has 1 aliphatic rings. The molecule has 0 spiro atoms. The molecule has 1 N–H and O–H groups in total. The second-order valence-electron chi connectivity index (χ2n) is 7.30. The number of ether oxygens (including phenoxy) is 1. The summed E-state index contributed by atoms with van der Waals surface area (Å²) >= 11 is 0. The number of rotatable bonds is 7. The Balaban J connectivity index is 1.52. The molecule has 3 aromatic carbocycles. The average Bonchev–Trinajstić information content (AvgIpc) is 3.07. The Labute approximate surface area is 176 Å². The van der Waals surface area contributed by atoms with E-state index in [0.29, 0.717) is 18.7 Å². The van der Waals surface area contributed by atoms with E-state index in [1.807, 2.05) is 72.8 Å². The minimum absolute atomic E-state index is 0.121. The molecule has 0 unspecified atom stereocenters. The highest BCUT2D eigenvalue weighted by Gasteiger charge is 2.40. The summed E-state index contributed by atoms with van der Waals surface area (Å²) < 4.78 is 5.21. The fraction of sp³-hybridized carbons (Fsp3) is 0.200. The van der Waals surface area contributed by atoms with Gasteiger partial charge in [0.25, 0.3) is 5.91 Å². The molecule has 0 saturated carbocycles. The maximum atomic E-state index is 13.1. The molecule has 0 saturated heterocycles. The van der Waals surface area contributed by atoms with E-state index in [1.54, 1.807) is 18.1 Å². The first-order chi connectivity index (χ1) is 14.7. The van der Waals surface area contributed by atoms with Gasteiger partial charge in [0.15, 0.2) is 0 Å². The maximum absolute atomic E-state index is 13.1. The van der Waals surface area contributed by atoms with Crippen molar-refractivity contribution in [2.75, 3.05) is 13.7 Å². The van der Waals surface area contributed by atoms with E-state index in [-0.39, 0.29) is 11.8 Å². The van der Waals surface area contributed by atoms with Crippen molar-refractivity contribution in [1.29, 1.82) is 0 Å². The molecule has 0 aliphatic carbocycles. The Bertz CT molecular complexity index is 1030. The van der Waals surface area contributed by atoms with Gasteiger partial charge in [-0.25, -0.2) is 0 Å². The first-order valence-electron chi connectivity index (χ1n) is 10.0. The zero-order valence-corrected chi connectivity index (χ0v) is 16.9. The first-order valence-corrected chi connectivity index (χ1v) is 10.0. The van der Waals surface area contributed by atoms with Crippen LogP contribution in [-0.2, 0) is 17.8 Å². The van der Waals surface area contributed by atoms with E-state index >= 15 is 0 Å². The number of hydrogen-bond donors (Lipinski definition) is 1. The van der Waals surface area contributed by atoms with Crippen molar-refractivity contribution in [3.8, 4) is 5.75 Å². The number of carbonyl (C=O) groups is 2. The van der Waals surface area contributed by atoms with E-state index in [9.17, 15) is 9.59 Å². The number of benzene rings is 3. The van der Waals surface area contributed by atoms with E-state index in [4.69, 9.17) is 4.74 Å². The Morgan fingerprint density at radius 2 is 1.63 bits per heavy atom. The van der Waals surface area contributed by atoms with Crippen LogP contribution in [0.25, 0.3) is 0 Å². The van der Waals surface area contributed by atoms with Crippen LogP contribution in [0.1, 0.15) is 33.1 Å². The minimum Gasteiger partial charge on any atom is -0.497 e. The molecule has 1 heterocycles. The quantitative estimate of drug-likeness (QED) is 0.657. The van der Waals surface area contributed by atoms with Crippen LogP contribution >= 0.6 is 0 Å². The van der Waals surface area contributed by atoms with Crippen molar-refractivity contribution in [2.45, 2.75) is 19.0 Å². The first kappa shape index (κ1) is 19.7. The van der Waals surface area contributed by atoms with Crippen LogP contribution in [0.2, 0.25) is 0 Å². The lowest BCUT2D eigenvalue weighted by Gasteiger charge is -2.25. The molecule has 0 fully saturated rings. The highest BCUT2D eigenvalue weighted by Crippen LogP contribution is 2.35. The number of nitrogens with zero attached hydrogens (tertiary/aromatic N) is 1. The van der Waals surface area contributed by atoms with Crippen LogP contribution in [0.4, 0.5) is 0 Å². The monoisotopic (exact) mass is 400 g/mol. The Morgan fingerprint density at radius 3 is 2.37 bits per heavy atom. The van der Waals surface area contributed by atoms with Crippen LogP contribution in [0, 0.1) is 0 Å². The van der Waals surface area contributed by atoms with Crippen LogP contribution in [-0.4, -0.2) is 30.4 Å². The Hall–Kier alpha value is -3.60. The average molecular weight is 400 g/mol. The van der Waals surface area contributed by atoms with Gasteiger partial charge in [-0.2, -0.15) is 0 Å². The molecule has 5 heteroatoms. The van der Waals surface area contributed by atoms with Gasteiger partial charge in [0, 0.05) is 18.7 Å². The molecule has 1 aliphatic heterocycles. The Morgan fingerprint density at radius 1 is 0.933 bits per heavy atom. The number of amides is 2. The normalized spacial score (nSPS) is 15.0. The summed E-state index contributed by atoms with van der Waals surface area (Å²) in [6, 6.07) is 24.3. The summed E-state index contributed by atoms with van der Waals surface area (Å²) in [5.74, 6) is 0.479. The van der Waals surface area contributed by atoms with E-state index < -0.39 is 6.04 Å². The third-order valence-corrected chi connectivity index (χ3v) is 5.37. The van der Waals surface area contributed by atoms with Gasteiger partial charge in [-0.3, -0.25) is 9.59 Å². The third-order valence-electron chi connectivity index (χ3n) is 5.37. The second kappa shape index (κ2) is 8.82. The van der Waals surface area contributed by atoms with Crippen LogP contribution in [0.15, 0.2) is 78.9 Å². The van der Waals surface area contributed by atoms with Gasteiger partial charge in [-0.15, -0.1) is 0 Å². The Kier molecular flexibility index (Phi) is 5.80. The van der Waals surface area contributed by atoms with Gasteiger partial charge < -0.3 is 15.0 Å². The number of fused-ring (bicyclic) bond motifs is 1. The van der Waals surface area contributed by atoms with E-state index in [1.165, 1.54) is 0 Å².